The van der Waals surface area contributed by atoms with E-state index in [-0.39, 0.29) is 24.4 Å². The van der Waals surface area contributed by atoms with Gasteiger partial charge in [0.2, 0.25) is 5.91 Å². The third-order valence-corrected chi connectivity index (χ3v) is 8.21. The van der Waals surface area contributed by atoms with Crippen LogP contribution in [0.1, 0.15) is 136 Å². The predicted molar refractivity (Wildman–Crippen MR) is 238 cm³/mol. The molecule has 0 aromatic carbocycles. The minimum absolute atomic E-state index is 0.210. The van der Waals surface area contributed by atoms with Crippen LogP contribution in [0.25, 0.3) is 0 Å². The van der Waals surface area contributed by atoms with Crippen molar-refractivity contribution in [3.63, 3.8) is 0 Å². The standard InChI is InChI=1S/C49H74N2O5/c1-3-5-7-9-11-13-15-17-19-20-21-22-23-25-27-29-31-33-35-43-48(53)56-45(40-36-37-42-47(52)51-46(49(54)55)41-38-44-50)39-34-32-30-28-26-24-18-16-14-12-10-8-6-4-2/h5-8,11-14,17-19,21-22,24-25,27-28,30-31,33-34,39,45-46H,3-4,9-10,15-16,20,23,26,29,32,35-38,40-44,50H2,1-2H3,(H,51,52)(H,54,55)/b7-5-,8-6-,13-11-,14-12-,19-17-,22-21-,24-18-,27-25-,30-28-,33-31-,39-34-. The van der Waals surface area contributed by atoms with Gasteiger partial charge >= 0.3 is 11.9 Å². The molecule has 0 fully saturated rings. The van der Waals surface area contributed by atoms with Crippen LogP contribution in [0.3, 0.4) is 0 Å². The Morgan fingerprint density at radius 1 is 0.536 bits per heavy atom. The summed E-state index contributed by atoms with van der Waals surface area (Å²) in [5.74, 6) is -1.60. The van der Waals surface area contributed by atoms with Crippen molar-refractivity contribution in [3.8, 4) is 0 Å². The van der Waals surface area contributed by atoms with Crippen LogP contribution in [-0.2, 0) is 19.1 Å². The normalized spacial score (nSPS) is 14.1. The van der Waals surface area contributed by atoms with Crippen molar-refractivity contribution in [2.45, 2.75) is 148 Å². The highest BCUT2D eigenvalue weighted by molar-refractivity contribution is 5.83. The second kappa shape index (κ2) is 41.7. The van der Waals surface area contributed by atoms with Gasteiger partial charge in [-0.05, 0) is 122 Å². The van der Waals surface area contributed by atoms with Gasteiger partial charge in [0.15, 0.2) is 0 Å². The van der Waals surface area contributed by atoms with Gasteiger partial charge in [-0.15, -0.1) is 0 Å². The number of carboxylic acids is 1. The molecule has 2 unspecified atom stereocenters. The number of carbonyl (C=O) groups is 3. The molecular weight excluding hydrogens is 697 g/mol. The lowest BCUT2D eigenvalue weighted by Crippen LogP contribution is -2.40. The summed E-state index contributed by atoms with van der Waals surface area (Å²) in [7, 11) is 0. The number of hydrogen-bond donors (Lipinski definition) is 3. The van der Waals surface area contributed by atoms with E-state index in [1.807, 2.05) is 18.2 Å². The van der Waals surface area contributed by atoms with Crippen LogP contribution in [0.4, 0.5) is 0 Å². The molecule has 56 heavy (non-hydrogen) atoms. The van der Waals surface area contributed by atoms with Crippen molar-refractivity contribution in [2.24, 2.45) is 5.73 Å². The average Bonchev–Trinajstić information content (AvgIpc) is 3.18. The van der Waals surface area contributed by atoms with Gasteiger partial charge in [0.05, 0.1) is 0 Å². The van der Waals surface area contributed by atoms with Gasteiger partial charge in [-0.3, -0.25) is 9.59 Å². The van der Waals surface area contributed by atoms with Gasteiger partial charge in [0.25, 0.3) is 0 Å². The number of carbonyl (C=O) groups excluding carboxylic acids is 2. The topological polar surface area (TPSA) is 119 Å². The Kier molecular flexibility index (Phi) is 38.3. The van der Waals surface area contributed by atoms with Crippen molar-refractivity contribution in [1.82, 2.24) is 5.32 Å². The Morgan fingerprint density at radius 3 is 1.36 bits per heavy atom. The predicted octanol–water partition coefficient (Wildman–Crippen LogP) is 12.0. The van der Waals surface area contributed by atoms with E-state index in [9.17, 15) is 19.5 Å². The van der Waals surface area contributed by atoms with Crippen LogP contribution in [0.5, 0.6) is 0 Å². The lowest BCUT2D eigenvalue weighted by Gasteiger charge is -2.15. The van der Waals surface area contributed by atoms with Crippen LogP contribution < -0.4 is 11.1 Å². The van der Waals surface area contributed by atoms with Crippen molar-refractivity contribution >= 4 is 17.8 Å². The number of carboxylic acid groups (broad SMARTS) is 1. The maximum atomic E-state index is 12.7. The van der Waals surface area contributed by atoms with Crippen LogP contribution in [-0.4, -0.2) is 41.6 Å². The minimum Gasteiger partial charge on any atom is -0.480 e. The fraction of sp³-hybridized carbons (Fsp3) is 0.490. The van der Waals surface area contributed by atoms with Crippen LogP contribution in [0.15, 0.2) is 134 Å². The maximum Gasteiger partial charge on any atom is 0.326 e. The van der Waals surface area contributed by atoms with Gasteiger partial charge in [-0.25, -0.2) is 4.79 Å². The highest BCUT2D eigenvalue weighted by Crippen LogP contribution is 2.12. The molecule has 0 heterocycles. The van der Waals surface area contributed by atoms with Crippen molar-refractivity contribution in [1.29, 1.82) is 0 Å². The summed E-state index contributed by atoms with van der Waals surface area (Å²) >= 11 is 0. The number of rotatable bonds is 35. The molecule has 7 heteroatoms. The summed E-state index contributed by atoms with van der Waals surface area (Å²) < 4.78 is 5.82. The molecule has 0 aromatic heterocycles. The van der Waals surface area contributed by atoms with E-state index in [0.29, 0.717) is 51.5 Å². The molecule has 0 bridgehead atoms. The molecular formula is C49H74N2O5. The van der Waals surface area contributed by atoms with Crippen molar-refractivity contribution in [2.75, 3.05) is 6.54 Å². The lowest BCUT2D eigenvalue weighted by molar-refractivity contribution is -0.147. The van der Waals surface area contributed by atoms with E-state index < -0.39 is 12.0 Å². The monoisotopic (exact) mass is 771 g/mol. The smallest absolute Gasteiger partial charge is 0.326 e. The summed E-state index contributed by atoms with van der Waals surface area (Å²) in [5.41, 5.74) is 5.49. The molecule has 0 rings (SSSR count). The Hall–Kier alpha value is -4.49. The summed E-state index contributed by atoms with van der Waals surface area (Å²) in [5, 5.41) is 12.0. The van der Waals surface area contributed by atoms with E-state index in [1.165, 1.54) is 0 Å². The zero-order valence-electron chi connectivity index (χ0n) is 34.7. The zero-order chi connectivity index (χ0) is 41.0. The second-order valence-corrected chi connectivity index (χ2v) is 13.3. The van der Waals surface area contributed by atoms with Crippen LogP contribution in [0, 0.1) is 0 Å². The first-order valence-electron chi connectivity index (χ1n) is 21.0. The number of ether oxygens (including phenoxy) is 1. The fourth-order valence-electron chi connectivity index (χ4n) is 5.12. The number of aliphatic carboxylic acids is 1. The summed E-state index contributed by atoms with van der Waals surface area (Å²) in [6.07, 6.45) is 60.7. The number of nitrogens with two attached hydrogens (primary N) is 1. The number of amides is 1. The number of hydrogen-bond acceptors (Lipinski definition) is 5. The number of nitrogens with one attached hydrogen (secondary N) is 1. The molecule has 2 atom stereocenters. The second-order valence-electron chi connectivity index (χ2n) is 13.3. The molecule has 0 radical (unpaired) electrons. The lowest BCUT2D eigenvalue weighted by atomic mass is 10.1. The molecule has 4 N–H and O–H groups in total. The molecule has 0 aliphatic heterocycles. The number of allylic oxidation sites excluding steroid dienone is 21. The van der Waals surface area contributed by atoms with E-state index in [0.717, 1.165) is 70.6 Å². The maximum absolute atomic E-state index is 12.7. The van der Waals surface area contributed by atoms with E-state index >= 15 is 0 Å². The molecule has 0 saturated heterocycles. The van der Waals surface area contributed by atoms with Crippen molar-refractivity contribution in [3.05, 3.63) is 134 Å². The molecule has 1 amide bonds. The molecule has 310 valence electrons. The first-order valence-corrected chi connectivity index (χ1v) is 21.0. The first-order chi connectivity index (χ1) is 27.4. The summed E-state index contributed by atoms with van der Waals surface area (Å²) in [6.45, 7) is 4.65. The highest BCUT2D eigenvalue weighted by Gasteiger charge is 2.19. The largest absolute Gasteiger partial charge is 0.480 e. The highest BCUT2D eigenvalue weighted by atomic mass is 16.5. The SMILES string of the molecule is CC/C=C\C/C=C\C/C=C\C/C=C\C/C=C\C/C=C\CCC(=O)OC(/C=C\C/C=C\C/C=C\C/C=C\C/C=C\CC)CCCCC(=O)NC(CCCN)C(=O)O. The summed E-state index contributed by atoms with van der Waals surface area (Å²) in [6, 6.07) is -0.929. The van der Waals surface area contributed by atoms with Gasteiger partial charge in [0, 0.05) is 12.8 Å². The Labute approximate surface area is 340 Å². The van der Waals surface area contributed by atoms with E-state index in [2.05, 4.69) is 135 Å². The first kappa shape index (κ1) is 51.5. The van der Waals surface area contributed by atoms with Crippen molar-refractivity contribution < 1.29 is 24.2 Å². The van der Waals surface area contributed by atoms with E-state index in [1.54, 1.807) is 0 Å². The third-order valence-electron chi connectivity index (χ3n) is 8.21. The Balaban J connectivity index is 4.70. The quantitative estimate of drug-likeness (QED) is 0.0335. The molecule has 0 aliphatic rings. The zero-order valence-corrected chi connectivity index (χ0v) is 34.7. The minimum atomic E-state index is -1.05. The van der Waals surface area contributed by atoms with Gasteiger partial charge < -0.3 is 20.9 Å². The molecule has 0 aromatic rings. The fourth-order valence-corrected chi connectivity index (χ4v) is 5.12. The van der Waals surface area contributed by atoms with Crippen LogP contribution in [0.2, 0.25) is 0 Å². The number of esters is 1. The molecule has 7 nitrogen and oxygen atoms in total. The molecule has 0 saturated carbocycles. The third kappa shape index (κ3) is 37.8. The number of unbranched alkanes of at least 4 members (excludes halogenated alkanes) is 1. The van der Waals surface area contributed by atoms with Gasteiger partial charge in [-0.1, -0.05) is 141 Å². The van der Waals surface area contributed by atoms with Gasteiger partial charge in [0.1, 0.15) is 12.1 Å². The van der Waals surface area contributed by atoms with Gasteiger partial charge in [-0.2, -0.15) is 0 Å². The Morgan fingerprint density at radius 2 is 0.946 bits per heavy atom. The summed E-state index contributed by atoms with van der Waals surface area (Å²) in [4.78, 5) is 36.5. The van der Waals surface area contributed by atoms with Crippen LogP contribution >= 0.6 is 0 Å². The Bertz CT molecular complexity index is 1330. The molecule has 0 aliphatic carbocycles. The average molecular weight is 771 g/mol. The van der Waals surface area contributed by atoms with E-state index in [4.69, 9.17) is 10.5 Å². The molecule has 0 spiro atoms.